The molecule has 0 heterocycles. The number of nitrogens with two attached hydrogens (primary N) is 1. The van der Waals surface area contributed by atoms with E-state index in [4.69, 9.17) is 5.73 Å². The van der Waals surface area contributed by atoms with E-state index < -0.39 is 20.5 Å². The van der Waals surface area contributed by atoms with E-state index in [1.165, 1.54) is 0 Å². The minimum Gasteiger partial charge on any atom is -0.368 e. The summed E-state index contributed by atoms with van der Waals surface area (Å²) in [5.41, 5.74) is 5.23. The van der Waals surface area contributed by atoms with Crippen LogP contribution in [-0.2, 0) is 14.6 Å². The summed E-state index contributed by atoms with van der Waals surface area (Å²) in [5.74, 6) is -0.679. The molecule has 0 aromatic rings. The van der Waals surface area contributed by atoms with E-state index in [2.05, 4.69) is 0 Å². The summed E-state index contributed by atoms with van der Waals surface area (Å²) in [6, 6.07) is 0. The van der Waals surface area contributed by atoms with Crippen LogP contribution < -0.4 is 5.73 Å². The third-order valence-corrected chi connectivity index (χ3v) is 6.50. The molecule has 2 saturated carbocycles. The summed E-state index contributed by atoms with van der Waals surface area (Å²) in [4.78, 5) is 11.3. The van der Waals surface area contributed by atoms with Gasteiger partial charge in [-0.25, -0.2) is 8.42 Å². The number of sulfone groups is 1. The second-order valence-electron chi connectivity index (χ2n) is 4.31. The highest BCUT2D eigenvalue weighted by Gasteiger charge is 2.69. The van der Waals surface area contributed by atoms with Gasteiger partial charge in [-0.05, 0) is 25.2 Å². The second kappa shape index (κ2) is 2.72. The molecule has 0 radical (unpaired) electrons. The van der Waals surface area contributed by atoms with Crippen LogP contribution in [0.3, 0.4) is 0 Å². The monoisotopic (exact) mass is 217 g/mol. The smallest absolute Gasteiger partial charge is 0.239 e. The van der Waals surface area contributed by atoms with E-state index in [9.17, 15) is 13.2 Å². The van der Waals surface area contributed by atoms with Crippen molar-refractivity contribution in [3.05, 3.63) is 0 Å². The van der Waals surface area contributed by atoms with Crippen LogP contribution in [0.1, 0.15) is 32.6 Å². The predicted molar refractivity (Wildman–Crippen MR) is 52.3 cm³/mol. The second-order valence-corrected chi connectivity index (χ2v) is 6.79. The van der Waals surface area contributed by atoms with Gasteiger partial charge in [0.1, 0.15) is 0 Å². The maximum absolute atomic E-state index is 12.0. The lowest BCUT2D eigenvalue weighted by molar-refractivity contribution is -0.118. The predicted octanol–water partition coefficient (Wildman–Crippen LogP) is 0.218. The van der Waals surface area contributed by atoms with Crippen molar-refractivity contribution >= 4 is 15.7 Å². The highest BCUT2D eigenvalue weighted by Crippen LogP contribution is 2.56. The third kappa shape index (κ3) is 1.05. The third-order valence-electron chi connectivity index (χ3n) is 3.43. The summed E-state index contributed by atoms with van der Waals surface area (Å²) in [7, 11) is -3.29. The number of amides is 1. The fraction of sp³-hybridized carbons (Fsp3) is 0.889. The Hall–Kier alpha value is -0.580. The fourth-order valence-corrected chi connectivity index (χ4v) is 4.94. The Morgan fingerprint density at radius 2 is 2.07 bits per heavy atom. The SMILES string of the molecule is CCC1CC1(C(N)=O)S(=O)(=O)C1CC1. The van der Waals surface area contributed by atoms with Gasteiger partial charge in [0.2, 0.25) is 5.91 Å². The Bertz CT molecular complexity index is 372. The fourth-order valence-electron chi connectivity index (χ4n) is 2.25. The standard InChI is InChI=1S/C9H15NO3S/c1-2-6-5-9(6,8(10)11)14(12,13)7-3-4-7/h6-7H,2-5H2,1H3,(H2,10,11). The zero-order valence-corrected chi connectivity index (χ0v) is 9.01. The summed E-state index contributed by atoms with van der Waals surface area (Å²) in [6.07, 6.45) is 2.56. The molecule has 2 aliphatic carbocycles. The number of carbonyl (C=O) groups is 1. The lowest BCUT2D eigenvalue weighted by Gasteiger charge is -2.13. The summed E-state index contributed by atoms with van der Waals surface area (Å²) < 4.78 is 22.8. The van der Waals surface area contributed by atoms with Crippen molar-refractivity contribution < 1.29 is 13.2 Å². The van der Waals surface area contributed by atoms with Crippen LogP contribution in [0.15, 0.2) is 0 Å². The van der Waals surface area contributed by atoms with E-state index in [0.29, 0.717) is 19.3 Å². The molecule has 2 rings (SSSR count). The van der Waals surface area contributed by atoms with Crippen molar-refractivity contribution in [3.63, 3.8) is 0 Å². The zero-order chi connectivity index (χ0) is 10.6. The normalized spacial score (nSPS) is 36.8. The van der Waals surface area contributed by atoms with Gasteiger partial charge in [0.05, 0.1) is 5.25 Å². The van der Waals surface area contributed by atoms with Gasteiger partial charge in [0, 0.05) is 0 Å². The van der Waals surface area contributed by atoms with Crippen molar-refractivity contribution in [1.82, 2.24) is 0 Å². The number of rotatable bonds is 4. The minimum atomic E-state index is -3.29. The molecule has 80 valence electrons. The lowest BCUT2D eigenvalue weighted by atomic mass is 10.2. The van der Waals surface area contributed by atoms with Crippen LogP contribution >= 0.6 is 0 Å². The Morgan fingerprint density at radius 3 is 2.36 bits per heavy atom. The molecule has 0 aromatic heterocycles. The van der Waals surface area contributed by atoms with Gasteiger partial charge in [-0.3, -0.25) is 4.79 Å². The van der Waals surface area contributed by atoms with Gasteiger partial charge in [-0.1, -0.05) is 13.3 Å². The van der Waals surface area contributed by atoms with Gasteiger partial charge < -0.3 is 5.73 Å². The van der Waals surface area contributed by atoms with Crippen LogP contribution in [-0.4, -0.2) is 24.3 Å². The molecule has 0 bridgehead atoms. The number of primary amides is 1. The molecule has 5 heteroatoms. The molecule has 2 aliphatic rings. The molecule has 2 unspecified atom stereocenters. The molecule has 2 atom stereocenters. The molecule has 0 aromatic carbocycles. The molecule has 0 aliphatic heterocycles. The van der Waals surface area contributed by atoms with Crippen LogP contribution in [0.5, 0.6) is 0 Å². The van der Waals surface area contributed by atoms with Crippen LogP contribution in [0.2, 0.25) is 0 Å². The molecule has 0 spiro atoms. The van der Waals surface area contributed by atoms with Crippen LogP contribution in [0.25, 0.3) is 0 Å². The van der Waals surface area contributed by atoms with E-state index in [1.807, 2.05) is 6.92 Å². The van der Waals surface area contributed by atoms with Crippen molar-refractivity contribution in [2.75, 3.05) is 0 Å². The number of carbonyl (C=O) groups excluding carboxylic acids is 1. The first-order chi connectivity index (χ1) is 6.46. The van der Waals surface area contributed by atoms with E-state index in [-0.39, 0.29) is 11.2 Å². The Labute approximate surface area is 83.8 Å². The van der Waals surface area contributed by atoms with Crippen molar-refractivity contribution in [3.8, 4) is 0 Å². The quantitative estimate of drug-likeness (QED) is 0.731. The van der Waals surface area contributed by atoms with Gasteiger partial charge in [-0.15, -0.1) is 0 Å². The molecule has 14 heavy (non-hydrogen) atoms. The van der Waals surface area contributed by atoms with E-state index >= 15 is 0 Å². The maximum Gasteiger partial charge on any atom is 0.239 e. The van der Waals surface area contributed by atoms with Crippen molar-refractivity contribution in [2.45, 2.75) is 42.6 Å². The van der Waals surface area contributed by atoms with Crippen molar-refractivity contribution in [1.29, 1.82) is 0 Å². The Balaban J connectivity index is 2.34. The average molecular weight is 217 g/mol. The molecule has 4 nitrogen and oxygen atoms in total. The lowest BCUT2D eigenvalue weighted by Crippen LogP contribution is -2.42. The first-order valence-electron chi connectivity index (χ1n) is 5.00. The van der Waals surface area contributed by atoms with Gasteiger partial charge in [0.15, 0.2) is 14.6 Å². The van der Waals surface area contributed by atoms with Crippen LogP contribution in [0.4, 0.5) is 0 Å². The largest absolute Gasteiger partial charge is 0.368 e. The topological polar surface area (TPSA) is 77.2 Å². The number of hydrogen-bond acceptors (Lipinski definition) is 3. The minimum absolute atomic E-state index is 0.0365. The molecular formula is C9H15NO3S. The summed E-state index contributed by atoms with van der Waals surface area (Å²) in [5, 5.41) is -0.286. The molecule has 2 fully saturated rings. The zero-order valence-electron chi connectivity index (χ0n) is 8.19. The van der Waals surface area contributed by atoms with Gasteiger partial charge >= 0.3 is 0 Å². The highest BCUT2D eigenvalue weighted by atomic mass is 32.2. The first kappa shape index (κ1) is 9.96. The first-order valence-corrected chi connectivity index (χ1v) is 6.54. The van der Waals surface area contributed by atoms with Gasteiger partial charge in [0.25, 0.3) is 0 Å². The van der Waals surface area contributed by atoms with E-state index in [0.717, 1.165) is 6.42 Å². The summed E-state index contributed by atoms with van der Waals surface area (Å²) in [6.45, 7) is 1.90. The molecule has 1 amide bonds. The summed E-state index contributed by atoms with van der Waals surface area (Å²) >= 11 is 0. The Morgan fingerprint density at radius 1 is 1.50 bits per heavy atom. The molecule has 0 saturated heterocycles. The van der Waals surface area contributed by atoms with Crippen LogP contribution in [0, 0.1) is 5.92 Å². The molecule has 2 N–H and O–H groups in total. The maximum atomic E-state index is 12.0. The number of hydrogen-bond donors (Lipinski definition) is 1. The van der Waals surface area contributed by atoms with E-state index in [1.54, 1.807) is 0 Å². The highest BCUT2D eigenvalue weighted by molar-refractivity contribution is 7.94. The van der Waals surface area contributed by atoms with Crippen molar-refractivity contribution in [2.24, 2.45) is 11.7 Å². The molecular weight excluding hydrogens is 202 g/mol. The Kier molecular flexibility index (Phi) is 1.93. The van der Waals surface area contributed by atoms with Gasteiger partial charge in [-0.2, -0.15) is 0 Å². The average Bonchev–Trinajstić information content (AvgIpc) is 2.98.